The van der Waals surface area contributed by atoms with E-state index in [1.165, 1.54) is 0 Å². The van der Waals surface area contributed by atoms with Gasteiger partial charge in [0.25, 0.3) is 0 Å². The molecule has 0 unspecified atom stereocenters. The van der Waals surface area contributed by atoms with E-state index < -0.39 is 0 Å². The second-order valence-corrected chi connectivity index (χ2v) is 4.36. The van der Waals surface area contributed by atoms with Crippen LogP contribution in [0, 0.1) is 0 Å². The van der Waals surface area contributed by atoms with Crippen molar-refractivity contribution < 1.29 is 4.79 Å². The lowest BCUT2D eigenvalue weighted by atomic mass is 10.1. The second-order valence-electron chi connectivity index (χ2n) is 3.50. The van der Waals surface area contributed by atoms with Crippen LogP contribution in [0.25, 0.3) is 5.57 Å². The number of carbonyl (C=O) groups excluding carboxylic acids is 1. The number of hydrogen-bond donors (Lipinski definition) is 0. The molecule has 0 aliphatic heterocycles. The number of carbonyl (C=O) groups is 1. The van der Waals surface area contributed by atoms with Crippen molar-refractivity contribution in [2.45, 2.75) is 6.92 Å². The predicted octanol–water partition coefficient (Wildman–Crippen LogP) is 4.12. The SMILES string of the molecule is C=CC1=C(/C(Br)=C\C)c2ccccc2C1=O. The molecule has 0 atom stereocenters. The predicted molar refractivity (Wildman–Crippen MR) is 70.6 cm³/mol. The maximum absolute atomic E-state index is 12.1. The molecule has 0 amide bonds. The lowest BCUT2D eigenvalue weighted by molar-refractivity contribution is 0.104. The van der Waals surface area contributed by atoms with Gasteiger partial charge in [-0.15, -0.1) is 0 Å². The van der Waals surface area contributed by atoms with E-state index in [1.807, 2.05) is 37.3 Å². The van der Waals surface area contributed by atoms with E-state index in [1.54, 1.807) is 6.08 Å². The lowest BCUT2D eigenvalue weighted by Gasteiger charge is -2.03. The van der Waals surface area contributed by atoms with Crippen molar-refractivity contribution in [3.05, 3.63) is 64.2 Å². The van der Waals surface area contributed by atoms with Gasteiger partial charge in [0.05, 0.1) is 0 Å². The summed E-state index contributed by atoms with van der Waals surface area (Å²) in [5, 5.41) is 0. The molecule has 1 aliphatic rings. The van der Waals surface area contributed by atoms with Gasteiger partial charge in [-0.2, -0.15) is 0 Å². The standard InChI is InChI=1S/C14H11BrO/c1-3-9-13(12(15)4-2)10-7-5-6-8-11(10)14(9)16/h3-8H,1H2,2H3/b12-4+. The Morgan fingerprint density at radius 2 is 1.94 bits per heavy atom. The highest BCUT2D eigenvalue weighted by atomic mass is 79.9. The topological polar surface area (TPSA) is 17.1 Å². The Labute approximate surface area is 103 Å². The molecule has 80 valence electrons. The van der Waals surface area contributed by atoms with Crippen LogP contribution < -0.4 is 0 Å². The molecule has 0 heterocycles. The van der Waals surface area contributed by atoms with Gasteiger partial charge in [0, 0.05) is 21.2 Å². The summed E-state index contributed by atoms with van der Waals surface area (Å²) in [6, 6.07) is 7.63. The van der Waals surface area contributed by atoms with Crippen molar-refractivity contribution >= 4 is 27.3 Å². The van der Waals surface area contributed by atoms with Gasteiger partial charge < -0.3 is 0 Å². The van der Waals surface area contributed by atoms with E-state index in [0.29, 0.717) is 5.57 Å². The molecule has 0 aromatic heterocycles. The summed E-state index contributed by atoms with van der Waals surface area (Å²) in [5.41, 5.74) is 3.35. The van der Waals surface area contributed by atoms with Crippen LogP contribution in [0.3, 0.4) is 0 Å². The highest BCUT2D eigenvalue weighted by molar-refractivity contribution is 9.12. The number of rotatable bonds is 2. The highest BCUT2D eigenvalue weighted by Gasteiger charge is 2.28. The summed E-state index contributed by atoms with van der Waals surface area (Å²) in [4.78, 5) is 12.1. The first-order valence-electron chi connectivity index (χ1n) is 5.03. The fourth-order valence-electron chi connectivity index (χ4n) is 1.90. The molecule has 2 rings (SSSR count). The van der Waals surface area contributed by atoms with Gasteiger partial charge >= 0.3 is 0 Å². The van der Waals surface area contributed by atoms with Crippen molar-refractivity contribution in [3.63, 3.8) is 0 Å². The summed E-state index contributed by atoms with van der Waals surface area (Å²) < 4.78 is 0.931. The number of halogens is 1. The van der Waals surface area contributed by atoms with Crippen LogP contribution >= 0.6 is 15.9 Å². The quantitative estimate of drug-likeness (QED) is 0.793. The lowest BCUT2D eigenvalue weighted by Crippen LogP contribution is -1.95. The minimum atomic E-state index is 0.0550. The highest BCUT2D eigenvalue weighted by Crippen LogP contribution is 2.39. The van der Waals surface area contributed by atoms with Crippen molar-refractivity contribution in [1.29, 1.82) is 0 Å². The first-order valence-corrected chi connectivity index (χ1v) is 5.83. The molecule has 0 N–H and O–H groups in total. The monoisotopic (exact) mass is 274 g/mol. The van der Waals surface area contributed by atoms with Crippen LogP contribution in [0.4, 0.5) is 0 Å². The van der Waals surface area contributed by atoms with Crippen LogP contribution in [0.5, 0.6) is 0 Å². The molecule has 0 saturated carbocycles. The smallest absolute Gasteiger partial charge is 0.194 e. The van der Waals surface area contributed by atoms with Gasteiger partial charge in [-0.3, -0.25) is 4.79 Å². The Balaban J connectivity index is 2.75. The Morgan fingerprint density at radius 3 is 2.50 bits per heavy atom. The number of fused-ring (bicyclic) bond motifs is 1. The van der Waals surface area contributed by atoms with Gasteiger partial charge in [0.2, 0.25) is 0 Å². The van der Waals surface area contributed by atoms with Gasteiger partial charge in [-0.25, -0.2) is 0 Å². The van der Waals surface area contributed by atoms with Gasteiger partial charge in [0.15, 0.2) is 5.78 Å². The van der Waals surface area contributed by atoms with Crippen molar-refractivity contribution in [1.82, 2.24) is 0 Å². The molecule has 2 heteroatoms. The van der Waals surface area contributed by atoms with Crippen LogP contribution in [-0.2, 0) is 0 Å². The van der Waals surface area contributed by atoms with Gasteiger partial charge in [-0.05, 0) is 12.5 Å². The Morgan fingerprint density at radius 1 is 1.31 bits per heavy atom. The van der Waals surface area contributed by atoms with Crippen LogP contribution in [-0.4, -0.2) is 5.78 Å². The molecular weight excluding hydrogens is 264 g/mol. The van der Waals surface area contributed by atoms with E-state index in [0.717, 1.165) is 21.2 Å². The van der Waals surface area contributed by atoms with Crippen molar-refractivity contribution in [2.75, 3.05) is 0 Å². The molecule has 1 aromatic rings. The zero-order valence-electron chi connectivity index (χ0n) is 8.96. The summed E-state index contributed by atoms with van der Waals surface area (Å²) in [7, 11) is 0. The number of benzene rings is 1. The molecule has 0 saturated heterocycles. The Hall–Kier alpha value is -1.41. The molecule has 0 bridgehead atoms. The third-order valence-electron chi connectivity index (χ3n) is 2.65. The first kappa shape index (κ1) is 11.1. The molecule has 16 heavy (non-hydrogen) atoms. The van der Waals surface area contributed by atoms with Crippen molar-refractivity contribution in [3.8, 4) is 0 Å². The Bertz CT molecular complexity index is 535. The van der Waals surface area contributed by atoms with Crippen LogP contribution in [0.15, 0.2) is 53.1 Å². The van der Waals surface area contributed by atoms with Crippen molar-refractivity contribution in [2.24, 2.45) is 0 Å². The van der Waals surface area contributed by atoms with Gasteiger partial charge in [0.1, 0.15) is 0 Å². The Kier molecular flexibility index (Phi) is 2.92. The molecule has 0 radical (unpaired) electrons. The normalized spacial score (nSPS) is 15.4. The van der Waals surface area contributed by atoms with Gasteiger partial charge in [-0.1, -0.05) is 58.9 Å². The summed E-state index contributed by atoms with van der Waals surface area (Å²) in [6.45, 7) is 5.65. The average Bonchev–Trinajstić information content (AvgIpc) is 2.62. The number of allylic oxidation sites excluding steroid dienone is 5. The third kappa shape index (κ3) is 1.50. The minimum Gasteiger partial charge on any atom is -0.289 e. The third-order valence-corrected chi connectivity index (χ3v) is 3.51. The molecule has 0 spiro atoms. The zero-order chi connectivity index (χ0) is 11.7. The second kappa shape index (κ2) is 4.22. The summed E-state index contributed by atoms with van der Waals surface area (Å²) >= 11 is 3.49. The van der Waals surface area contributed by atoms with E-state index in [2.05, 4.69) is 22.5 Å². The summed E-state index contributed by atoms with van der Waals surface area (Å²) in [6.07, 6.45) is 3.57. The molecule has 1 aromatic carbocycles. The number of hydrogen-bond acceptors (Lipinski definition) is 1. The molecule has 1 nitrogen and oxygen atoms in total. The van der Waals surface area contributed by atoms with E-state index in [9.17, 15) is 4.79 Å². The fourth-order valence-corrected chi connectivity index (χ4v) is 2.33. The zero-order valence-corrected chi connectivity index (χ0v) is 10.5. The largest absolute Gasteiger partial charge is 0.289 e. The van der Waals surface area contributed by atoms with Crippen LogP contribution in [0.1, 0.15) is 22.8 Å². The van der Waals surface area contributed by atoms with E-state index in [-0.39, 0.29) is 5.78 Å². The number of Topliss-reactive ketones (excluding diaryl/α,β-unsaturated/α-hetero) is 1. The first-order chi connectivity index (χ1) is 7.70. The van der Waals surface area contributed by atoms with Crippen LogP contribution in [0.2, 0.25) is 0 Å². The minimum absolute atomic E-state index is 0.0550. The maximum atomic E-state index is 12.1. The van der Waals surface area contributed by atoms with E-state index >= 15 is 0 Å². The summed E-state index contributed by atoms with van der Waals surface area (Å²) in [5.74, 6) is 0.0550. The fraction of sp³-hybridized carbons (Fsp3) is 0.0714. The molecular formula is C14H11BrO. The molecule has 0 fully saturated rings. The van der Waals surface area contributed by atoms with E-state index in [4.69, 9.17) is 0 Å². The molecule has 1 aliphatic carbocycles. The number of ketones is 1. The maximum Gasteiger partial charge on any atom is 0.194 e. The average molecular weight is 275 g/mol.